The van der Waals surface area contributed by atoms with Crippen LogP contribution in [0, 0.1) is 5.92 Å². The molecule has 1 aromatic heterocycles. The van der Waals surface area contributed by atoms with Gasteiger partial charge in [0.1, 0.15) is 6.61 Å². The van der Waals surface area contributed by atoms with Crippen LogP contribution in [0.15, 0.2) is 53.3 Å². The summed E-state index contributed by atoms with van der Waals surface area (Å²) in [5.74, 6) is -3.98. The molecule has 0 bridgehead atoms. The van der Waals surface area contributed by atoms with Crippen molar-refractivity contribution >= 4 is 22.6 Å². The SMILES string of the molecule is CC(C)C(F)(F)c1ccccc1-c1cc2ccc(N3C(=O)OC[C@H]3CO)cc2c(=O)n1C. The van der Waals surface area contributed by atoms with Gasteiger partial charge in [-0.05, 0) is 23.6 Å². The van der Waals surface area contributed by atoms with Crippen LogP contribution >= 0.6 is 0 Å². The molecule has 6 nitrogen and oxygen atoms in total. The Balaban J connectivity index is 1.89. The van der Waals surface area contributed by atoms with E-state index >= 15 is 0 Å². The Bertz CT molecular complexity index is 1250. The number of carbonyl (C=O) groups excluding carboxylic acids is 1. The van der Waals surface area contributed by atoms with Crippen molar-refractivity contribution in [3.8, 4) is 11.3 Å². The molecule has 32 heavy (non-hydrogen) atoms. The number of aromatic nitrogens is 1. The summed E-state index contributed by atoms with van der Waals surface area (Å²) in [5, 5.41) is 10.4. The fraction of sp³-hybridized carbons (Fsp3) is 0.333. The Kier molecular flexibility index (Phi) is 5.50. The molecule has 2 heterocycles. The molecule has 0 unspecified atom stereocenters. The molecule has 1 aliphatic heterocycles. The number of pyridine rings is 1. The Morgan fingerprint density at radius 2 is 1.88 bits per heavy atom. The predicted octanol–water partition coefficient (Wildman–Crippen LogP) is 4.27. The van der Waals surface area contributed by atoms with E-state index in [2.05, 4.69) is 0 Å². The molecule has 1 atom stereocenters. The van der Waals surface area contributed by atoms with E-state index in [0.717, 1.165) is 0 Å². The van der Waals surface area contributed by atoms with E-state index in [4.69, 9.17) is 4.74 Å². The lowest BCUT2D eigenvalue weighted by Gasteiger charge is -2.24. The third kappa shape index (κ3) is 3.44. The molecular weight excluding hydrogens is 418 g/mol. The number of alkyl halides is 2. The quantitative estimate of drug-likeness (QED) is 0.641. The highest BCUT2D eigenvalue weighted by Gasteiger charge is 2.38. The third-order valence-corrected chi connectivity index (χ3v) is 5.96. The van der Waals surface area contributed by atoms with E-state index < -0.39 is 24.0 Å². The van der Waals surface area contributed by atoms with Crippen molar-refractivity contribution in [2.45, 2.75) is 25.8 Å². The number of aliphatic hydroxyl groups excluding tert-OH is 1. The predicted molar refractivity (Wildman–Crippen MR) is 118 cm³/mol. The lowest BCUT2D eigenvalue weighted by molar-refractivity contribution is -0.0508. The number of ether oxygens (including phenoxy) is 1. The standard InChI is InChI=1S/C24H24F2N2O4/c1-14(2)24(25,26)20-7-5-4-6-18(20)21-10-15-8-9-16(11-19(15)22(30)27(21)3)28-17(12-29)13-32-23(28)31/h4-11,14,17,29H,12-13H2,1-3H3/t17-/m1/s1. The monoisotopic (exact) mass is 442 g/mol. The highest BCUT2D eigenvalue weighted by molar-refractivity contribution is 5.95. The zero-order valence-corrected chi connectivity index (χ0v) is 18.0. The summed E-state index contributed by atoms with van der Waals surface area (Å²) in [6, 6.07) is 12.2. The van der Waals surface area contributed by atoms with E-state index in [1.165, 1.54) is 36.4 Å². The van der Waals surface area contributed by atoms with Crippen molar-refractivity contribution in [2.24, 2.45) is 13.0 Å². The fourth-order valence-electron chi connectivity index (χ4n) is 4.02. The maximum absolute atomic E-state index is 14.9. The summed E-state index contributed by atoms with van der Waals surface area (Å²) in [6.45, 7) is 2.70. The summed E-state index contributed by atoms with van der Waals surface area (Å²) in [6.07, 6.45) is -0.596. The second-order valence-electron chi connectivity index (χ2n) is 8.27. The number of fused-ring (bicyclic) bond motifs is 1. The van der Waals surface area contributed by atoms with Gasteiger partial charge < -0.3 is 14.4 Å². The molecule has 8 heteroatoms. The molecule has 2 aromatic carbocycles. The van der Waals surface area contributed by atoms with Gasteiger partial charge in [0.15, 0.2) is 0 Å². The number of aliphatic hydroxyl groups is 1. The number of nitrogens with zero attached hydrogens (tertiary/aromatic N) is 2. The number of cyclic esters (lactones) is 1. The number of benzene rings is 2. The summed E-state index contributed by atoms with van der Waals surface area (Å²) >= 11 is 0. The van der Waals surface area contributed by atoms with Crippen LogP contribution in [0.5, 0.6) is 0 Å². The van der Waals surface area contributed by atoms with Crippen molar-refractivity contribution in [2.75, 3.05) is 18.1 Å². The van der Waals surface area contributed by atoms with Gasteiger partial charge in [0, 0.05) is 35.2 Å². The Labute approximate surface area is 183 Å². The van der Waals surface area contributed by atoms with Crippen LogP contribution in [0.3, 0.4) is 0 Å². The van der Waals surface area contributed by atoms with Gasteiger partial charge in [-0.2, -0.15) is 0 Å². The van der Waals surface area contributed by atoms with Gasteiger partial charge in [0.05, 0.1) is 18.3 Å². The number of carbonyl (C=O) groups is 1. The number of rotatable bonds is 5. The summed E-state index contributed by atoms with van der Waals surface area (Å²) in [5.41, 5.74) is 0.581. The fourth-order valence-corrected chi connectivity index (χ4v) is 4.02. The van der Waals surface area contributed by atoms with Crippen molar-refractivity contribution in [3.63, 3.8) is 0 Å². The minimum atomic E-state index is -3.07. The minimum absolute atomic E-state index is 0.0607. The second-order valence-corrected chi connectivity index (χ2v) is 8.27. The smallest absolute Gasteiger partial charge is 0.414 e. The average molecular weight is 442 g/mol. The van der Waals surface area contributed by atoms with Crippen molar-refractivity contribution in [1.29, 1.82) is 0 Å². The molecule has 0 radical (unpaired) electrons. The number of hydrogen-bond donors (Lipinski definition) is 1. The third-order valence-electron chi connectivity index (χ3n) is 5.96. The molecule has 1 saturated heterocycles. The molecule has 0 aliphatic carbocycles. The summed E-state index contributed by atoms with van der Waals surface area (Å²) in [4.78, 5) is 26.6. The first-order chi connectivity index (χ1) is 15.2. The van der Waals surface area contributed by atoms with Gasteiger partial charge in [-0.1, -0.05) is 44.2 Å². The maximum atomic E-state index is 14.9. The zero-order valence-electron chi connectivity index (χ0n) is 18.0. The molecule has 168 valence electrons. The minimum Gasteiger partial charge on any atom is -0.447 e. The second kappa shape index (κ2) is 8.02. The maximum Gasteiger partial charge on any atom is 0.414 e. The highest BCUT2D eigenvalue weighted by Crippen LogP contribution is 2.41. The molecule has 0 saturated carbocycles. The van der Waals surface area contributed by atoms with Gasteiger partial charge in [-0.3, -0.25) is 9.69 Å². The normalized spacial score (nSPS) is 16.8. The Hall–Kier alpha value is -3.26. The van der Waals surface area contributed by atoms with Crippen LogP contribution in [-0.2, 0) is 17.7 Å². The molecule has 1 N–H and O–H groups in total. The largest absolute Gasteiger partial charge is 0.447 e. The van der Waals surface area contributed by atoms with E-state index in [1.54, 1.807) is 42.5 Å². The lowest BCUT2D eigenvalue weighted by atomic mass is 9.91. The topological polar surface area (TPSA) is 71.8 Å². The van der Waals surface area contributed by atoms with Gasteiger partial charge in [0.25, 0.3) is 11.5 Å². The van der Waals surface area contributed by atoms with Crippen LogP contribution in [0.25, 0.3) is 22.0 Å². The van der Waals surface area contributed by atoms with E-state index in [0.29, 0.717) is 27.7 Å². The van der Waals surface area contributed by atoms with Crippen LogP contribution in [0.2, 0.25) is 0 Å². The van der Waals surface area contributed by atoms with E-state index in [1.807, 2.05) is 0 Å². The average Bonchev–Trinajstić information content (AvgIpc) is 3.16. The highest BCUT2D eigenvalue weighted by atomic mass is 19.3. The Morgan fingerprint density at radius 1 is 1.16 bits per heavy atom. The lowest BCUT2D eigenvalue weighted by Crippen LogP contribution is -2.36. The van der Waals surface area contributed by atoms with E-state index in [-0.39, 0.29) is 24.3 Å². The van der Waals surface area contributed by atoms with Crippen LogP contribution < -0.4 is 10.5 Å². The van der Waals surface area contributed by atoms with Crippen LogP contribution in [0.4, 0.5) is 19.3 Å². The molecule has 1 aliphatic rings. The first-order valence-electron chi connectivity index (χ1n) is 10.3. The Morgan fingerprint density at radius 3 is 2.56 bits per heavy atom. The number of halogens is 2. The van der Waals surface area contributed by atoms with Crippen LogP contribution in [0.1, 0.15) is 19.4 Å². The zero-order chi connectivity index (χ0) is 23.2. The number of hydrogen-bond acceptors (Lipinski definition) is 4. The number of anilines is 1. The summed E-state index contributed by atoms with van der Waals surface area (Å²) < 4.78 is 36.2. The molecule has 1 fully saturated rings. The molecule has 1 amide bonds. The van der Waals surface area contributed by atoms with Gasteiger partial charge in [-0.25, -0.2) is 13.6 Å². The first kappa shape index (κ1) is 22.0. The number of amides is 1. The first-order valence-corrected chi connectivity index (χ1v) is 10.3. The van der Waals surface area contributed by atoms with Gasteiger partial charge in [0.2, 0.25) is 0 Å². The van der Waals surface area contributed by atoms with Crippen molar-refractivity contribution in [1.82, 2.24) is 4.57 Å². The van der Waals surface area contributed by atoms with Crippen LogP contribution in [-0.4, -0.2) is 35.0 Å². The van der Waals surface area contributed by atoms with Crippen molar-refractivity contribution in [3.05, 3.63) is 64.4 Å². The molecular formula is C24H24F2N2O4. The molecule has 0 spiro atoms. The molecule has 3 aromatic rings. The van der Waals surface area contributed by atoms with Crippen molar-refractivity contribution < 1.29 is 23.4 Å². The molecule has 4 rings (SSSR count). The summed E-state index contributed by atoms with van der Waals surface area (Å²) in [7, 11) is 1.54. The van der Waals surface area contributed by atoms with Gasteiger partial charge in [-0.15, -0.1) is 0 Å². The van der Waals surface area contributed by atoms with E-state index in [9.17, 15) is 23.5 Å². The van der Waals surface area contributed by atoms with Gasteiger partial charge >= 0.3 is 6.09 Å².